The lowest BCUT2D eigenvalue weighted by molar-refractivity contribution is 0.0953. The maximum absolute atomic E-state index is 12.5. The van der Waals surface area contributed by atoms with Crippen LogP contribution in [0.1, 0.15) is 50.9 Å². The fourth-order valence-corrected chi connectivity index (χ4v) is 2.55. The van der Waals surface area contributed by atoms with Crippen molar-refractivity contribution in [1.82, 2.24) is 5.43 Å². The van der Waals surface area contributed by atoms with Crippen molar-refractivity contribution in [3.05, 3.63) is 29.3 Å². The third-order valence-electron chi connectivity index (χ3n) is 3.66. The molecule has 1 aromatic carbocycles. The number of nitrogens with zero attached hydrogens (tertiary/aromatic N) is 1. The average Bonchev–Trinajstić information content (AvgIpc) is 3.01. The molecular formula is C19H26N2O4. The number of rotatable bonds is 8. The van der Waals surface area contributed by atoms with Gasteiger partial charge in [-0.3, -0.25) is 4.79 Å². The number of allylic oxidation sites excluding steroid dienone is 2. The van der Waals surface area contributed by atoms with E-state index in [-0.39, 0.29) is 5.91 Å². The number of carbonyl (C=O) groups excluding carboxylic acids is 1. The summed E-state index contributed by atoms with van der Waals surface area (Å²) in [6, 6.07) is 3.31. The molecule has 0 bridgehead atoms. The Balaban J connectivity index is 2.28. The fraction of sp³-hybridized carbons (Fsp3) is 0.474. The quantitative estimate of drug-likeness (QED) is 0.729. The van der Waals surface area contributed by atoms with Crippen LogP contribution >= 0.6 is 0 Å². The van der Waals surface area contributed by atoms with Crippen molar-refractivity contribution in [2.45, 2.75) is 40.5 Å². The SMILES string of the molecule is CCOc1cc(C(=O)N/N=C2/C=C(C)CC2)cc(OCC)c1OCC. The maximum Gasteiger partial charge on any atom is 0.271 e. The standard InChI is InChI=1S/C19H26N2O4/c1-5-23-16-11-14(12-17(24-6-2)18(16)25-7-3)19(22)21-20-15-9-8-13(4)10-15/h10-12H,5-9H2,1-4H3,(H,21,22)/b20-15+. The van der Waals surface area contributed by atoms with Crippen molar-refractivity contribution in [3.8, 4) is 17.2 Å². The van der Waals surface area contributed by atoms with E-state index in [9.17, 15) is 4.79 Å². The van der Waals surface area contributed by atoms with Crippen LogP contribution < -0.4 is 19.6 Å². The van der Waals surface area contributed by atoms with Gasteiger partial charge in [0.05, 0.1) is 25.5 Å². The van der Waals surface area contributed by atoms with Gasteiger partial charge in [-0.25, -0.2) is 5.43 Å². The van der Waals surface area contributed by atoms with Gasteiger partial charge in [0.2, 0.25) is 5.75 Å². The lowest BCUT2D eigenvalue weighted by Crippen LogP contribution is -2.19. The summed E-state index contributed by atoms with van der Waals surface area (Å²) in [7, 11) is 0. The highest BCUT2D eigenvalue weighted by molar-refractivity contribution is 6.00. The number of hydrogen-bond acceptors (Lipinski definition) is 5. The van der Waals surface area contributed by atoms with Crippen LogP contribution in [0.2, 0.25) is 0 Å². The average molecular weight is 346 g/mol. The molecule has 136 valence electrons. The Bertz CT molecular complexity index is 653. The fourth-order valence-electron chi connectivity index (χ4n) is 2.55. The molecule has 25 heavy (non-hydrogen) atoms. The Labute approximate surface area is 148 Å². The van der Waals surface area contributed by atoms with Gasteiger partial charge in [-0.15, -0.1) is 0 Å². The van der Waals surface area contributed by atoms with Crippen molar-refractivity contribution < 1.29 is 19.0 Å². The Morgan fingerprint density at radius 3 is 2.12 bits per heavy atom. The lowest BCUT2D eigenvalue weighted by Gasteiger charge is -2.16. The van der Waals surface area contributed by atoms with Gasteiger partial charge in [-0.2, -0.15) is 5.10 Å². The first-order chi connectivity index (χ1) is 12.1. The molecular weight excluding hydrogens is 320 g/mol. The molecule has 1 aromatic rings. The number of benzene rings is 1. The minimum absolute atomic E-state index is 0.310. The summed E-state index contributed by atoms with van der Waals surface area (Å²) in [5.41, 5.74) is 5.17. The van der Waals surface area contributed by atoms with E-state index in [0.717, 1.165) is 18.6 Å². The first kappa shape index (κ1) is 18.8. The molecule has 1 amide bonds. The summed E-state index contributed by atoms with van der Waals surface area (Å²) in [4.78, 5) is 12.5. The van der Waals surface area contributed by atoms with Crippen LogP contribution in [0.4, 0.5) is 0 Å². The second-order valence-corrected chi connectivity index (χ2v) is 5.64. The van der Waals surface area contributed by atoms with Crippen molar-refractivity contribution in [1.29, 1.82) is 0 Å². The van der Waals surface area contributed by atoms with Gasteiger partial charge in [0.15, 0.2) is 11.5 Å². The van der Waals surface area contributed by atoms with Crippen molar-refractivity contribution in [3.63, 3.8) is 0 Å². The Kier molecular flexibility index (Phi) is 6.86. The van der Waals surface area contributed by atoms with E-state index in [4.69, 9.17) is 14.2 Å². The normalized spacial score (nSPS) is 15.0. The number of amides is 1. The number of ether oxygens (including phenoxy) is 3. The summed E-state index contributed by atoms with van der Waals surface area (Å²) in [6.45, 7) is 9.10. The first-order valence-corrected chi connectivity index (χ1v) is 8.69. The van der Waals surface area contributed by atoms with Crippen LogP contribution in [0, 0.1) is 0 Å². The second-order valence-electron chi connectivity index (χ2n) is 5.64. The van der Waals surface area contributed by atoms with Crippen molar-refractivity contribution in [2.24, 2.45) is 5.10 Å². The predicted molar refractivity (Wildman–Crippen MR) is 97.8 cm³/mol. The Hall–Kier alpha value is -2.50. The molecule has 2 rings (SSSR count). The minimum Gasteiger partial charge on any atom is -0.490 e. The van der Waals surface area contributed by atoms with Crippen LogP contribution in [0.3, 0.4) is 0 Å². The topological polar surface area (TPSA) is 69.2 Å². The Morgan fingerprint density at radius 2 is 1.64 bits per heavy atom. The summed E-state index contributed by atoms with van der Waals surface area (Å²) in [5.74, 6) is 1.19. The third kappa shape index (κ3) is 4.98. The molecule has 0 unspecified atom stereocenters. The number of hydrogen-bond donors (Lipinski definition) is 1. The summed E-state index contributed by atoms with van der Waals surface area (Å²) < 4.78 is 16.9. The molecule has 6 nitrogen and oxygen atoms in total. The predicted octanol–water partition coefficient (Wildman–Crippen LogP) is 3.71. The second kappa shape index (κ2) is 9.11. The summed E-state index contributed by atoms with van der Waals surface area (Å²) >= 11 is 0. The molecule has 0 spiro atoms. The number of hydrazone groups is 1. The van der Waals surface area contributed by atoms with Gasteiger partial charge in [-0.1, -0.05) is 5.57 Å². The third-order valence-corrected chi connectivity index (χ3v) is 3.66. The van der Waals surface area contributed by atoms with E-state index in [1.165, 1.54) is 5.57 Å². The zero-order chi connectivity index (χ0) is 18.2. The van der Waals surface area contributed by atoms with Crippen LogP contribution in [-0.4, -0.2) is 31.4 Å². The van der Waals surface area contributed by atoms with E-state index in [1.807, 2.05) is 26.8 Å². The monoisotopic (exact) mass is 346 g/mol. The van der Waals surface area contributed by atoms with Gasteiger partial charge in [0.1, 0.15) is 0 Å². The molecule has 0 fully saturated rings. The van der Waals surface area contributed by atoms with Crippen LogP contribution in [0.15, 0.2) is 28.9 Å². The smallest absolute Gasteiger partial charge is 0.271 e. The largest absolute Gasteiger partial charge is 0.490 e. The van der Waals surface area contributed by atoms with E-state index >= 15 is 0 Å². The first-order valence-electron chi connectivity index (χ1n) is 8.69. The van der Waals surface area contributed by atoms with Crippen LogP contribution in [-0.2, 0) is 0 Å². The van der Waals surface area contributed by atoms with E-state index in [1.54, 1.807) is 12.1 Å². The lowest BCUT2D eigenvalue weighted by atomic mass is 10.1. The highest BCUT2D eigenvalue weighted by Gasteiger charge is 2.18. The number of carbonyl (C=O) groups is 1. The molecule has 0 aromatic heterocycles. The van der Waals surface area contributed by atoms with E-state index < -0.39 is 0 Å². The summed E-state index contributed by atoms with van der Waals surface area (Å²) in [5, 5.41) is 4.19. The van der Waals surface area contributed by atoms with Gasteiger partial charge >= 0.3 is 0 Å². The van der Waals surface area contributed by atoms with Gasteiger partial charge < -0.3 is 14.2 Å². The van der Waals surface area contributed by atoms with E-state index in [0.29, 0.717) is 42.6 Å². The van der Waals surface area contributed by atoms with E-state index in [2.05, 4.69) is 17.5 Å². The van der Waals surface area contributed by atoms with Gasteiger partial charge in [0.25, 0.3) is 5.91 Å². The Morgan fingerprint density at radius 1 is 1.04 bits per heavy atom. The highest BCUT2D eigenvalue weighted by Crippen LogP contribution is 2.39. The molecule has 0 aliphatic heterocycles. The maximum atomic E-state index is 12.5. The molecule has 1 aliphatic carbocycles. The van der Waals surface area contributed by atoms with Gasteiger partial charge in [0, 0.05) is 5.56 Å². The molecule has 1 aliphatic rings. The molecule has 0 radical (unpaired) electrons. The molecule has 0 saturated heterocycles. The highest BCUT2D eigenvalue weighted by atomic mass is 16.5. The van der Waals surface area contributed by atoms with Crippen molar-refractivity contribution in [2.75, 3.05) is 19.8 Å². The van der Waals surface area contributed by atoms with Crippen LogP contribution in [0.5, 0.6) is 17.2 Å². The molecule has 1 N–H and O–H groups in total. The number of nitrogens with one attached hydrogen (secondary N) is 1. The van der Waals surface area contributed by atoms with Crippen molar-refractivity contribution >= 4 is 11.6 Å². The minimum atomic E-state index is -0.310. The summed E-state index contributed by atoms with van der Waals surface area (Å²) in [6.07, 6.45) is 3.83. The molecule has 6 heteroatoms. The van der Waals surface area contributed by atoms with Crippen LogP contribution in [0.25, 0.3) is 0 Å². The molecule has 0 atom stereocenters. The zero-order valence-electron chi connectivity index (χ0n) is 15.3. The molecule has 0 saturated carbocycles. The molecule has 0 heterocycles. The van der Waals surface area contributed by atoms with Gasteiger partial charge in [-0.05, 0) is 58.7 Å². The zero-order valence-corrected chi connectivity index (χ0v) is 15.3.